The topological polar surface area (TPSA) is 114 Å². The van der Waals surface area contributed by atoms with Gasteiger partial charge in [0.2, 0.25) is 0 Å². The number of hydrogen-bond acceptors (Lipinski definition) is 6. The molecule has 0 aliphatic carbocycles. The van der Waals surface area contributed by atoms with Gasteiger partial charge in [0.05, 0.1) is 62.1 Å². The Balaban J connectivity index is 0.000000233. The van der Waals surface area contributed by atoms with Crippen molar-refractivity contribution in [3.8, 4) is 0 Å². The molecule has 3 aromatic rings. The van der Waals surface area contributed by atoms with Gasteiger partial charge in [-0.2, -0.15) is 0 Å². The molecule has 2 fully saturated rings. The van der Waals surface area contributed by atoms with E-state index < -0.39 is 20.2 Å². The lowest BCUT2D eigenvalue weighted by molar-refractivity contribution is -0.915. The summed E-state index contributed by atoms with van der Waals surface area (Å²) >= 11 is 0. The molecule has 0 radical (unpaired) electrons. The molecule has 0 N–H and O–H groups in total. The van der Waals surface area contributed by atoms with Gasteiger partial charge < -0.3 is 18.1 Å². The Morgan fingerprint density at radius 3 is 1.12 bits per heavy atom. The number of quaternary nitrogens is 2. The van der Waals surface area contributed by atoms with Gasteiger partial charge in [0.25, 0.3) is 0 Å². The molecule has 0 atom stereocenters. The van der Waals surface area contributed by atoms with Gasteiger partial charge in [-0.1, -0.05) is 59.7 Å². The lowest BCUT2D eigenvalue weighted by Crippen LogP contribution is -2.46. The van der Waals surface area contributed by atoms with Crippen LogP contribution >= 0.6 is 0 Å². The molecular weight excluding hydrogens is 645 g/mol. The molecule has 0 unspecified atom stereocenters. The number of aryl methyl sites for hydroxylation is 4. The minimum atomic E-state index is -4.27. The predicted molar refractivity (Wildman–Crippen MR) is 191 cm³/mol. The van der Waals surface area contributed by atoms with Gasteiger partial charge in [0, 0.05) is 38.5 Å². The second-order valence-electron chi connectivity index (χ2n) is 13.6. The Hall–Kier alpha value is -2.60. The predicted octanol–water partition coefficient (Wildman–Crippen LogP) is 6.61. The third-order valence-electron chi connectivity index (χ3n) is 10.3. The van der Waals surface area contributed by atoms with E-state index in [0.717, 1.165) is 11.1 Å². The summed E-state index contributed by atoms with van der Waals surface area (Å²) in [5, 5.41) is 0. The van der Waals surface area contributed by atoms with Crippen LogP contribution in [0.5, 0.6) is 0 Å². The molecule has 5 rings (SSSR count). The zero-order valence-corrected chi connectivity index (χ0v) is 31.0. The Bertz CT molecular complexity index is 1490. The van der Waals surface area contributed by atoms with Gasteiger partial charge in [0.1, 0.15) is 20.2 Å². The van der Waals surface area contributed by atoms with Gasteiger partial charge >= 0.3 is 0 Å². The van der Waals surface area contributed by atoms with Crippen molar-refractivity contribution in [1.82, 2.24) is 0 Å². The number of hydrogen-bond donors (Lipinski definition) is 0. The quantitative estimate of drug-likeness (QED) is 0.155. The minimum Gasteiger partial charge on any atom is -0.744 e. The summed E-state index contributed by atoms with van der Waals surface area (Å²) < 4.78 is 65.1. The van der Waals surface area contributed by atoms with E-state index in [1.807, 2.05) is 13.8 Å². The summed E-state index contributed by atoms with van der Waals surface area (Å²) in [6.45, 7) is 19.6. The molecule has 10 heteroatoms. The molecule has 0 bridgehead atoms. The van der Waals surface area contributed by atoms with Crippen LogP contribution < -0.4 is 0 Å². The van der Waals surface area contributed by atoms with Crippen LogP contribution in [0.25, 0.3) is 0 Å². The number of benzene rings is 3. The van der Waals surface area contributed by atoms with Crippen molar-refractivity contribution in [2.24, 2.45) is 0 Å². The number of likely N-dealkylation sites (tertiary alicyclic amines) is 2. The molecule has 2 aliphatic rings. The monoisotopic (exact) mass is 700 g/mol. The van der Waals surface area contributed by atoms with E-state index in [1.54, 1.807) is 35.4 Å². The SMILES string of the molecule is CC[N+]1(CCCc2ccccc2CCC[N+]2(CC)CCCC2)CCCC1.Cc1ccc(S(=O)(=O)[O-])cc1.Cc1ccc(S(=O)(=O)[O-])cc1. The second-order valence-corrected chi connectivity index (χ2v) is 16.3. The molecule has 3 aromatic carbocycles. The maximum Gasteiger partial charge on any atom is 0.124 e. The van der Waals surface area contributed by atoms with E-state index in [9.17, 15) is 25.9 Å². The first-order valence-corrected chi connectivity index (χ1v) is 20.3. The van der Waals surface area contributed by atoms with E-state index in [4.69, 9.17) is 0 Å². The van der Waals surface area contributed by atoms with Gasteiger partial charge in [-0.15, -0.1) is 0 Å². The molecule has 2 saturated heterocycles. The van der Waals surface area contributed by atoms with Crippen molar-refractivity contribution < 1.29 is 34.9 Å². The van der Waals surface area contributed by atoms with Crippen molar-refractivity contribution in [2.45, 2.75) is 88.9 Å². The van der Waals surface area contributed by atoms with Gasteiger partial charge in [-0.3, -0.25) is 0 Å². The molecule has 0 aromatic heterocycles. The average Bonchev–Trinajstić information content (AvgIpc) is 3.73. The summed E-state index contributed by atoms with van der Waals surface area (Å²) in [4.78, 5) is -0.355. The molecule has 266 valence electrons. The largest absolute Gasteiger partial charge is 0.744 e. The molecule has 2 heterocycles. The zero-order valence-electron chi connectivity index (χ0n) is 29.4. The molecule has 2 aliphatic heterocycles. The molecular formula is C38H56N2O6S2. The van der Waals surface area contributed by atoms with Gasteiger partial charge in [-0.25, -0.2) is 16.8 Å². The summed E-state index contributed by atoms with van der Waals surface area (Å²) in [5.41, 5.74) is 5.12. The van der Waals surface area contributed by atoms with E-state index in [1.165, 1.54) is 137 Å². The molecule has 48 heavy (non-hydrogen) atoms. The summed E-state index contributed by atoms with van der Waals surface area (Å²) in [6.07, 6.45) is 11.1. The first-order chi connectivity index (χ1) is 22.7. The van der Waals surface area contributed by atoms with E-state index in [0.29, 0.717) is 0 Å². The van der Waals surface area contributed by atoms with E-state index in [2.05, 4.69) is 38.1 Å². The Morgan fingerprint density at radius 2 is 0.854 bits per heavy atom. The van der Waals surface area contributed by atoms with Gasteiger partial charge in [0.15, 0.2) is 0 Å². The first-order valence-electron chi connectivity index (χ1n) is 17.5. The third kappa shape index (κ3) is 12.7. The highest BCUT2D eigenvalue weighted by molar-refractivity contribution is 7.86. The van der Waals surface area contributed by atoms with Crippen LogP contribution in [-0.2, 0) is 33.1 Å². The first kappa shape index (κ1) is 39.8. The second kappa shape index (κ2) is 18.4. The number of rotatable bonds is 12. The fraction of sp³-hybridized carbons (Fsp3) is 0.526. The van der Waals surface area contributed by atoms with Crippen LogP contribution in [0.1, 0.15) is 74.6 Å². The lowest BCUT2D eigenvalue weighted by Gasteiger charge is -2.33. The lowest BCUT2D eigenvalue weighted by atomic mass is 9.98. The maximum atomic E-state index is 10.4. The van der Waals surface area contributed by atoms with Crippen LogP contribution in [0.4, 0.5) is 0 Å². The Kier molecular flexibility index (Phi) is 15.3. The van der Waals surface area contributed by atoms with Crippen molar-refractivity contribution in [2.75, 3.05) is 52.4 Å². The van der Waals surface area contributed by atoms with Gasteiger partial charge in [-0.05, 0) is 75.9 Å². The molecule has 0 amide bonds. The smallest absolute Gasteiger partial charge is 0.124 e. The third-order valence-corrected chi connectivity index (χ3v) is 12.0. The fourth-order valence-electron chi connectivity index (χ4n) is 7.07. The standard InChI is InChI=1S/C24H42N2.2C7H8O3S/c1-3-25(17-7-8-18-25)21-11-15-23-13-5-6-14-24(23)16-12-22-26(4-2)19-9-10-20-26;2*1-6-2-4-7(5-3-6)11(8,9)10/h5-6,13-14H,3-4,7-12,15-22H2,1-2H3;2*2-5H,1H3,(H,8,9,10)/q+2;;/p-2. The van der Waals surface area contributed by atoms with Crippen molar-refractivity contribution in [3.05, 3.63) is 95.1 Å². The highest BCUT2D eigenvalue weighted by Gasteiger charge is 2.30. The number of nitrogens with zero attached hydrogens (tertiary/aromatic N) is 2. The van der Waals surface area contributed by atoms with Crippen LogP contribution in [0.3, 0.4) is 0 Å². The Labute approximate surface area is 290 Å². The Morgan fingerprint density at radius 1 is 0.542 bits per heavy atom. The maximum absolute atomic E-state index is 10.4. The zero-order chi connectivity index (χ0) is 35.3. The fourth-order valence-corrected chi connectivity index (χ4v) is 8.01. The van der Waals surface area contributed by atoms with Crippen LogP contribution in [0.2, 0.25) is 0 Å². The normalized spacial score (nSPS) is 16.8. The van der Waals surface area contributed by atoms with E-state index in [-0.39, 0.29) is 9.79 Å². The van der Waals surface area contributed by atoms with Crippen molar-refractivity contribution in [1.29, 1.82) is 0 Å². The highest BCUT2D eigenvalue weighted by atomic mass is 32.2. The summed E-state index contributed by atoms with van der Waals surface area (Å²) in [6, 6.07) is 20.9. The molecule has 0 saturated carbocycles. The summed E-state index contributed by atoms with van der Waals surface area (Å²) in [7, 11) is -8.54. The molecule has 0 spiro atoms. The minimum absolute atomic E-state index is 0.178. The van der Waals surface area contributed by atoms with Crippen molar-refractivity contribution in [3.63, 3.8) is 0 Å². The summed E-state index contributed by atoms with van der Waals surface area (Å²) in [5.74, 6) is 0. The highest BCUT2D eigenvalue weighted by Crippen LogP contribution is 2.23. The molecule has 8 nitrogen and oxygen atoms in total. The van der Waals surface area contributed by atoms with Crippen molar-refractivity contribution >= 4 is 20.2 Å². The van der Waals surface area contributed by atoms with Crippen LogP contribution in [0.15, 0.2) is 82.6 Å². The van der Waals surface area contributed by atoms with Crippen LogP contribution in [-0.4, -0.2) is 87.3 Å². The van der Waals surface area contributed by atoms with Crippen LogP contribution in [0, 0.1) is 13.8 Å². The van der Waals surface area contributed by atoms with E-state index >= 15 is 0 Å². The average molecular weight is 701 g/mol.